The first kappa shape index (κ1) is 28.7. The van der Waals surface area contributed by atoms with Crippen LogP contribution in [0.25, 0.3) is 16.6 Å². The predicted molar refractivity (Wildman–Crippen MR) is 176 cm³/mol. The summed E-state index contributed by atoms with van der Waals surface area (Å²) in [5.74, 6) is 0.556. The molecule has 7 rings (SSSR count). The van der Waals surface area contributed by atoms with Crippen LogP contribution in [0.1, 0.15) is 70.8 Å². The second kappa shape index (κ2) is 12.5. The summed E-state index contributed by atoms with van der Waals surface area (Å²) >= 11 is 0. The van der Waals surface area contributed by atoms with Crippen molar-refractivity contribution in [2.75, 3.05) is 25.5 Å². The molecule has 5 aromatic rings. The Labute approximate surface area is 261 Å². The Bertz CT molecular complexity index is 1950. The van der Waals surface area contributed by atoms with Crippen LogP contribution >= 0.6 is 0 Å². The lowest BCUT2D eigenvalue weighted by Crippen LogP contribution is -2.30. The minimum Gasteiger partial charge on any atom is -0.324 e. The van der Waals surface area contributed by atoms with E-state index in [2.05, 4.69) is 62.6 Å². The largest absolute Gasteiger partial charge is 0.324 e. The third-order valence-electron chi connectivity index (χ3n) is 8.83. The molecule has 1 aliphatic heterocycles. The standard InChI is InChI=1S/C36H35N7O2/c1-42-17-7-12-27(21-42)24-13-15-30(16-14-24)40-36-38-20-28-18-31(33(44)26-10-3-2-4-11-26)35(45)43(34(28)41-36)22-29-19-37-23-39-32(29)25-8-5-6-9-25/h2-4,8,10-11,13-16,18-20,23,27H,5-7,9,12,17,21-22H2,1H3,(H,38,40,41). The quantitative estimate of drug-likeness (QED) is 0.218. The number of nitrogens with one attached hydrogen (secondary N) is 1. The van der Waals surface area contributed by atoms with Crippen molar-refractivity contribution in [2.45, 2.75) is 44.6 Å². The highest BCUT2D eigenvalue weighted by atomic mass is 16.1. The Morgan fingerprint density at radius 2 is 1.87 bits per heavy atom. The maximum absolute atomic E-state index is 14.1. The van der Waals surface area contributed by atoms with Crippen LogP contribution in [0.3, 0.4) is 0 Å². The number of allylic oxidation sites excluding steroid dienone is 2. The molecule has 45 heavy (non-hydrogen) atoms. The van der Waals surface area contributed by atoms with Gasteiger partial charge in [0.1, 0.15) is 12.0 Å². The lowest BCUT2D eigenvalue weighted by molar-refractivity contribution is 0.103. The third-order valence-corrected chi connectivity index (χ3v) is 8.83. The van der Waals surface area contributed by atoms with E-state index in [0.717, 1.165) is 54.9 Å². The van der Waals surface area contributed by atoms with Gasteiger partial charge in [0.2, 0.25) is 5.95 Å². The number of likely N-dealkylation sites (N-methyl/N-ethyl adjacent to an activating group) is 1. The van der Waals surface area contributed by atoms with E-state index in [9.17, 15) is 9.59 Å². The molecule has 1 fully saturated rings. The predicted octanol–water partition coefficient (Wildman–Crippen LogP) is 5.98. The van der Waals surface area contributed by atoms with E-state index < -0.39 is 5.56 Å². The van der Waals surface area contributed by atoms with Crippen molar-refractivity contribution >= 4 is 34.0 Å². The number of benzene rings is 2. The number of carbonyl (C=O) groups excluding carboxylic acids is 1. The van der Waals surface area contributed by atoms with E-state index in [0.29, 0.717) is 28.5 Å². The molecule has 2 aliphatic rings. The molecular weight excluding hydrogens is 562 g/mol. The molecule has 9 heteroatoms. The number of carbonyl (C=O) groups is 1. The van der Waals surface area contributed by atoms with Gasteiger partial charge in [-0.3, -0.25) is 14.2 Å². The van der Waals surface area contributed by atoms with Crippen molar-refractivity contribution < 1.29 is 4.79 Å². The zero-order valence-electron chi connectivity index (χ0n) is 25.3. The molecule has 1 atom stereocenters. The lowest BCUT2D eigenvalue weighted by Gasteiger charge is -2.30. The van der Waals surface area contributed by atoms with Crippen molar-refractivity contribution in [2.24, 2.45) is 0 Å². The van der Waals surface area contributed by atoms with Crippen molar-refractivity contribution in [3.63, 3.8) is 0 Å². The first-order valence-corrected chi connectivity index (χ1v) is 15.6. The number of hydrogen-bond donors (Lipinski definition) is 1. The molecule has 226 valence electrons. The first-order chi connectivity index (χ1) is 22.0. The summed E-state index contributed by atoms with van der Waals surface area (Å²) in [6.45, 7) is 2.39. The average molecular weight is 598 g/mol. The summed E-state index contributed by atoms with van der Waals surface area (Å²) < 4.78 is 1.55. The fraction of sp³-hybridized carbons (Fsp3) is 0.278. The number of rotatable bonds is 8. The summed E-state index contributed by atoms with van der Waals surface area (Å²) in [5.41, 5.74) is 5.50. The number of likely N-dealkylation sites (tertiary alicyclic amines) is 1. The maximum atomic E-state index is 14.1. The van der Waals surface area contributed by atoms with E-state index in [1.54, 1.807) is 47.3 Å². The third kappa shape index (κ3) is 6.04. The maximum Gasteiger partial charge on any atom is 0.263 e. The summed E-state index contributed by atoms with van der Waals surface area (Å²) in [6.07, 6.45) is 12.6. The first-order valence-electron chi connectivity index (χ1n) is 15.6. The van der Waals surface area contributed by atoms with Crippen molar-refractivity contribution in [3.05, 3.63) is 124 Å². The van der Waals surface area contributed by atoms with Gasteiger partial charge in [0.15, 0.2) is 5.78 Å². The Morgan fingerprint density at radius 1 is 1.02 bits per heavy atom. The average Bonchev–Trinajstić information content (AvgIpc) is 3.62. The van der Waals surface area contributed by atoms with Gasteiger partial charge >= 0.3 is 0 Å². The summed E-state index contributed by atoms with van der Waals surface area (Å²) in [7, 11) is 2.18. The van der Waals surface area contributed by atoms with E-state index >= 15 is 0 Å². The van der Waals surface area contributed by atoms with Gasteiger partial charge in [0.05, 0.1) is 17.8 Å². The minimum absolute atomic E-state index is 0.0698. The van der Waals surface area contributed by atoms with Gasteiger partial charge in [-0.2, -0.15) is 4.98 Å². The summed E-state index contributed by atoms with van der Waals surface area (Å²) in [5, 5.41) is 3.91. The van der Waals surface area contributed by atoms with Crippen molar-refractivity contribution in [3.8, 4) is 0 Å². The number of anilines is 2. The minimum atomic E-state index is -0.419. The second-order valence-corrected chi connectivity index (χ2v) is 12.0. The van der Waals surface area contributed by atoms with Crippen LogP contribution in [0.5, 0.6) is 0 Å². The van der Waals surface area contributed by atoms with E-state index in [1.807, 2.05) is 6.07 Å². The molecule has 0 radical (unpaired) electrons. The van der Waals surface area contributed by atoms with E-state index in [-0.39, 0.29) is 17.9 Å². The number of pyridine rings is 1. The van der Waals surface area contributed by atoms with E-state index in [4.69, 9.17) is 4.98 Å². The Balaban J connectivity index is 1.27. The van der Waals surface area contributed by atoms with Crippen molar-refractivity contribution in [1.82, 2.24) is 29.4 Å². The zero-order valence-corrected chi connectivity index (χ0v) is 25.3. The number of nitrogens with zero attached hydrogens (tertiary/aromatic N) is 6. The van der Waals surface area contributed by atoms with Crippen molar-refractivity contribution in [1.29, 1.82) is 0 Å². The number of fused-ring (bicyclic) bond motifs is 1. The molecule has 1 aliphatic carbocycles. The molecule has 4 heterocycles. The molecule has 0 spiro atoms. The SMILES string of the molecule is CN1CCCC(c2ccc(Nc3ncc4cc(C(=O)c5ccccc5)c(=O)n(Cc5cncnc5C5=CCCC5)c4n3)cc2)C1. The van der Waals surface area contributed by atoms with Crippen LogP contribution in [0.4, 0.5) is 11.6 Å². The lowest BCUT2D eigenvalue weighted by atomic mass is 9.91. The topological polar surface area (TPSA) is 106 Å². The van der Waals surface area contributed by atoms with Crippen LogP contribution in [-0.2, 0) is 6.54 Å². The van der Waals surface area contributed by atoms with Crippen LogP contribution in [0.2, 0.25) is 0 Å². The molecule has 1 saturated heterocycles. The Morgan fingerprint density at radius 3 is 2.64 bits per heavy atom. The summed E-state index contributed by atoms with van der Waals surface area (Å²) in [6, 6.07) is 18.9. The van der Waals surface area contributed by atoms with Crippen LogP contribution < -0.4 is 10.9 Å². The zero-order chi connectivity index (χ0) is 30.8. The molecule has 0 bridgehead atoms. The van der Waals surface area contributed by atoms with Gasteiger partial charge in [-0.25, -0.2) is 15.0 Å². The molecule has 0 amide bonds. The summed E-state index contributed by atoms with van der Waals surface area (Å²) in [4.78, 5) is 48.3. The monoisotopic (exact) mass is 597 g/mol. The van der Waals surface area contributed by atoms with Crippen LogP contribution in [-0.4, -0.2) is 55.3 Å². The van der Waals surface area contributed by atoms with Crippen LogP contribution in [0, 0.1) is 0 Å². The van der Waals surface area contributed by atoms with E-state index in [1.165, 1.54) is 24.7 Å². The molecular formula is C36H35N7O2. The highest BCUT2D eigenvalue weighted by molar-refractivity contribution is 6.10. The Kier molecular flexibility index (Phi) is 8.00. The highest BCUT2D eigenvalue weighted by Gasteiger charge is 2.22. The van der Waals surface area contributed by atoms with Gasteiger partial charge in [0, 0.05) is 41.1 Å². The fourth-order valence-corrected chi connectivity index (χ4v) is 6.50. The van der Waals surface area contributed by atoms with Gasteiger partial charge in [-0.05, 0) is 81.0 Å². The number of piperidine rings is 1. The van der Waals surface area contributed by atoms with Crippen LogP contribution in [0.15, 0.2) is 90.3 Å². The van der Waals surface area contributed by atoms with Gasteiger partial charge in [-0.1, -0.05) is 48.5 Å². The second-order valence-electron chi connectivity index (χ2n) is 12.0. The normalized spacial score (nSPS) is 16.9. The van der Waals surface area contributed by atoms with Gasteiger partial charge < -0.3 is 10.2 Å². The molecule has 3 aromatic heterocycles. The molecule has 2 aromatic carbocycles. The smallest absolute Gasteiger partial charge is 0.263 e. The fourth-order valence-electron chi connectivity index (χ4n) is 6.50. The van der Waals surface area contributed by atoms with Gasteiger partial charge in [-0.15, -0.1) is 0 Å². The Hall–Kier alpha value is -5.02. The molecule has 1 N–H and O–H groups in total. The highest BCUT2D eigenvalue weighted by Crippen LogP contribution is 2.30. The van der Waals surface area contributed by atoms with Gasteiger partial charge in [0.25, 0.3) is 5.56 Å². The molecule has 1 unspecified atom stereocenters. The number of ketones is 1. The number of aromatic nitrogens is 5. The number of hydrogen-bond acceptors (Lipinski definition) is 8. The molecule has 9 nitrogen and oxygen atoms in total. The molecule has 0 saturated carbocycles.